The lowest BCUT2D eigenvalue weighted by Gasteiger charge is -2.08. The minimum Gasteiger partial charge on any atom is -0.489 e. The Morgan fingerprint density at radius 2 is 1.81 bits per heavy atom. The molecule has 0 aliphatic heterocycles. The van der Waals surface area contributed by atoms with Crippen molar-refractivity contribution < 1.29 is 14.1 Å². The van der Waals surface area contributed by atoms with Gasteiger partial charge in [0.25, 0.3) is 0 Å². The molecule has 1 aromatic heterocycles. The summed E-state index contributed by atoms with van der Waals surface area (Å²) < 4.78 is 10.9. The van der Waals surface area contributed by atoms with Gasteiger partial charge in [-0.3, -0.25) is 4.79 Å². The summed E-state index contributed by atoms with van der Waals surface area (Å²) in [6.07, 6.45) is 0.284. The van der Waals surface area contributed by atoms with E-state index in [0.717, 1.165) is 34.0 Å². The molecule has 6 heteroatoms. The van der Waals surface area contributed by atoms with Crippen molar-refractivity contribution in [2.24, 2.45) is 0 Å². The Balaban J connectivity index is 1.54. The molecule has 134 valence electrons. The number of hydrogen-bond acceptors (Lipinski definition) is 4. The number of hydrogen-bond donors (Lipinski definition) is 1. The first-order valence-electron chi connectivity index (χ1n) is 8.20. The van der Waals surface area contributed by atoms with Crippen molar-refractivity contribution in [3.05, 3.63) is 76.1 Å². The Kier molecular flexibility index (Phi) is 5.58. The fourth-order valence-corrected chi connectivity index (χ4v) is 2.62. The van der Waals surface area contributed by atoms with Crippen molar-refractivity contribution in [1.29, 1.82) is 0 Å². The maximum Gasteiger partial charge on any atom is 0.228 e. The Labute approximate surface area is 156 Å². The molecular weight excluding hydrogens is 352 g/mol. The van der Waals surface area contributed by atoms with Crippen LogP contribution in [0.3, 0.4) is 0 Å². The van der Waals surface area contributed by atoms with Crippen molar-refractivity contribution in [3.63, 3.8) is 0 Å². The van der Waals surface area contributed by atoms with Crippen molar-refractivity contribution in [1.82, 2.24) is 5.16 Å². The molecule has 0 bridgehead atoms. The SMILES string of the molecule is Cc1noc(C)c1COc1ccc(CC(=O)Nc2ccc(Cl)cc2)cc1. The molecule has 5 nitrogen and oxygen atoms in total. The van der Waals surface area contributed by atoms with Gasteiger partial charge in [0.1, 0.15) is 18.1 Å². The molecule has 0 spiro atoms. The maximum absolute atomic E-state index is 12.1. The lowest BCUT2D eigenvalue weighted by molar-refractivity contribution is -0.115. The standard InChI is InChI=1S/C20H19ClN2O3/c1-13-19(14(2)26-23-13)12-25-18-9-3-15(4-10-18)11-20(24)22-17-7-5-16(21)6-8-17/h3-10H,11-12H2,1-2H3,(H,22,24). The minimum atomic E-state index is -0.0864. The molecule has 1 amide bonds. The van der Waals surface area contributed by atoms with Crippen LogP contribution in [0.1, 0.15) is 22.6 Å². The van der Waals surface area contributed by atoms with E-state index in [1.807, 2.05) is 38.1 Å². The van der Waals surface area contributed by atoms with Gasteiger partial charge in [0, 0.05) is 10.7 Å². The third kappa shape index (κ3) is 4.64. The largest absolute Gasteiger partial charge is 0.489 e. The fourth-order valence-electron chi connectivity index (χ4n) is 2.49. The molecule has 0 radical (unpaired) electrons. The normalized spacial score (nSPS) is 10.6. The van der Waals surface area contributed by atoms with Gasteiger partial charge in [-0.05, 0) is 55.8 Å². The molecule has 0 saturated carbocycles. The predicted molar refractivity (Wildman–Crippen MR) is 101 cm³/mol. The molecule has 0 fully saturated rings. The van der Waals surface area contributed by atoms with Gasteiger partial charge in [-0.15, -0.1) is 0 Å². The average molecular weight is 371 g/mol. The molecule has 0 atom stereocenters. The number of carbonyl (C=O) groups is 1. The zero-order valence-electron chi connectivity index (χ0n) is 14.6. The van der Waals surface area contributed by atoms with E-state index in [2.05, 4.69) is 10.5 Å². The second-order valence-corrected chi connectivity index (χ2v) is 6.40. The highest BCUT2D eigenvalue weighted by atomic mass is 35.5. The van der Waals surface area contributed by atoms with E-state index in [-0.39, 0.29) is 12.3 Å². The number of anilines is 1. The van der Waals surface area contributed by atoms with Gasteiger partial charge in [-0.2, -0.15) is 0 Å². The van der Waals surface area contributed by atoms with E-state index in [1.54, 1.807) is 24.3 Å². The van der Waals surface area contributed by atoms with Crippen LogP contribution in [0, 0.1) is 13.8 Å². The summed E-state index contributed by atoms with van der Waals surface area (Å²) in [5, 5.41) is 7.38. The van der Waals surface area contributed by atoms with E-state index < -0.39 is 0 Å². The van der Waals surface area contributed by atoms with Gasteiger partial charge >= 0.3 is 0 Å². The van der Waals surface area contributed by atoms with Crippen LogP contribution in [0.5, 0.6) is 5.75 Å². The van der Waals surface area contributed by atoms with Gasteiger partial charge in [0.2, 0.25) is 5.91 Å². The number of nitrogens with one attached hydrogen (secondary N) is 1. The van der Waals surface area contributed by atoms with Gasteiger partial charge < -0.3 is 14.6 Å². The molecule has 3 rings (SSSR count). The monoisotopic (exact) mass is 370 g/mol. The highest BCUT2D eigenvalue weighted by Crippen LogP contribution is 2.19. The first-order valence-corrected chi connectivity index (χ1v) is 8.58. The third-order valence-corrected chi connectivity index (χ3v) is 4.23. The van der Waals surface area contributed by atoms with Crippen LogP contribution >= 0.6 is 11.6 Å². The van der Waals surface area contributed by atoms with Gasteiger partial charge in [-0.25, -0.2) is 0 Å². The number of carbonyl (C=O) groups excluding carboxylic acids is 1. The number of aryl methyl sites for hydroxylation is 2. The van der Waals surface area contributed by atoms with Crippen LogP contribution in [0.2, 0.25) is 5.02 Å². The summed E-state index contributed by atoms with van der Waals surface area (Å²) in [6.45, 7) is 4.15. The van der Waals surface area contributed by atoms with Crippen LogP contribution in [0.15, 0.2) is 53.1 Å². The van der Waals surface area contributed by atoms with E-state index >= 15 is 0 Å². The summed E-state index contributed by atoms with van der Waals surface area (Å²) in [7, 11) is 0. The number of rotatable bonds is 6. The Bertz CT molecular complexity index is 867. The Hall–Kier alpha value is -2.79. The first kappa shape index (κ1) is 18.0. The van der Waals surface area contributed by atoms with E-state index in [9.17, 15) is 4.79 Å². The summed E-state index contributed by atoms with van der Waals surface area (Å²) in [5.41, 5.74) is 3.41. The zero-order chi connectivity index (χ0) is 18.5. The van der Waals surface area contributed by atoms with E-state index in [1.165, 1.54) is 0 Å². The van der Waals surface area contributed by atoms with Crippen molar-refractivity contribution >= 4 is 23.2 Å². The van der Waals surface area contributed by atoms with E-state index in [0.29, 0.717) is 11.6 Å². The quantitative estimate of drug-likeness (QED) is 0.682. The Morgan fingerprint density at radius 3 is 2.42 bits per heavy atom. The van der Waals surface area contributed by atoms with Gasteiger partial charge in [-0.1, -0.05) is 28.9 Å². The number of nitrogens with zero attached hydrogens (tertiary/aromatic N) is 1. The summed E-state index contributed by atoms with van der Waals surface area (Å²) >= 11 is 5.84. The number of benzene rings is 2. The molecule has 1 heterocycles. The molecule has 0 aliphatic rings. The molecule has 0 unspecified atom stereocenters. The van der Waals surface area contributed by atoms with Crippen molar-refractivity contribution in [3.8, 4) is 5.75 Å². The molecule has 3 aromatic rings. The van der Waals surface area contributed by atoms with Crippen LogP contribution < -0.4 is 10.1 Å². The highest BCUT2D eigenvalue weighted by Gasteiger charge is 2.10. The summed E-state index contributed by atoms with van der Waals surface area (Å²) in [4.78, 5) is 12.1. The van der Waals surface area contributed by atoms with Crippen LogP contribution in [-0.2, 0) is 17.8 Å². The van der Waals surface area contributed by atoms with Gasteiger partial charge in [0.15, 0.2) is 0 Å². The lowest BCUT2D eigenvalue weighted by Crippen LogP contribution is -2.14. The third-order valence-electron chi connectivity index (χ3n) is 3.98. The summed E-state index contributed by atoms with van der Waals surface area (Å²) in [6, 6.07) is 14.5. The highest BCUT2D eigenvalue weighted by molar-refractivity contribution is 6.30. The smallest absolute Gasteiger partial charge is 0.228 e. The topological polar surface area (TPSA) is 64.4 Å². The number of amides is 1. The Morgan fingerprint density at radius 1 is 1.12 bits per heavy atom. The van der Waals surface area contributed by atoms with Crippen LogP contribution in [0.4, 0.5) is 5.69 Å². The molecule has 2 aromatic carbocycles. The van der Waals surface area contributed by atoms with Crippen molar-refractivity contribution in [2.75, 3.05) is 5.32 Å². The predicted octanol–water partition coefficient (Wildman–Crippen LogP) is 4.71. The molecule has 1 N–H and O–H groups in total. The molecule has 0 aliphatic carbocycles. The second-order valence-electron chi connectivity index (χ2n) is 5.97. The zero-order valence-corrected chi connectivity index (χ0v) is 15.3. The first-order chi connectivity index (χ1) is 12.5. The molecular formula is C20H19ClN2O3. The lowest BCUT2D eigenvalue weighted by atomic mass is 10.1. The molecule has 26 heavy (non-hydrogen) atoms. The minimum absolute atomic E-state index is 0.0864. The fraction of sp³-hybridized carbons (Fsp3) is 0.200. The van der Waals surface area contributed by atoms with Crippen LogP contribution in [0.25, 0.3) is 0 Å². The average Bonchev–Trinajstić information content (AvgIpc) is 2.94. The maximum atomic E-state index is 12.1. The van der Waals surface area contributed by atoms with E-state index in [4.69, 9.17) is 20.9 Å². The number of halogens is 1. The molecule has 0 saturated heterocycles. The van der Waals surface area contributed by atoms with Crippen LogP contribution in [-0.4, -0.2) is 11.1 Å². The van der Waals surface area contributed by atoms with Gasteiger partial charge in [0.05, 0.1) is 17.7 Å². The number of aromatic nitrogens is 1. The number of ether oxygens (including phenoxy) is 1. The second kappa shape index (κ2) is 8.06. The van der Waals surface area contributed by atoms with Crippen molar-refractivity contribution in [2.45, 2.75) is 26.9 Å². The summed E-state index contributed by atoms with van der Waals surface area (Å²) in [5.74, 6) is 1.40.